The molecule has 0 aliphatic heterocycles. The van der Waals surface area contributed by atoms with Gasteiger partial charge in [-0.25, -0.2) is 0 Å². The van der Waals surface area contributed by atoms with Crippen molar-refractivity contribution in [3.63, 3.8) is 0 Å². The molecular weight excluding hydrogens is 383 g/mol. The molecule has 0 unspecified atom stereocenters. The van der Waals surface area contributed by atoms with Crippen LogP contribution in [0.25, 0.3) is 0 Å². The first kappa shape index (κ1) is 30.1. The molecule has 0 aromatic carbocycles. The van der Waals surface area contributed by atoms with Crippen molar-refractivity contribution < 1.29 is 0 Å². The van der Waals surface area contributed by atoms with Crippen molar-refractivity contribution in [1.82, 2.24) is 0 Å². The van der Waals surface area contributed by atoms with Crippen LogP contribution in [0, 0.1) is 0 Å². The highest BCUT2D eigenvalue weighted by Gasteiger charge is 2.18. The molecule has 1 aliphatic carbocycles. The molecule has 0 N–H and O–H groups in total. The first-order valence-corrected chi connectivity index (χ1v) is 15.9. The molecule has 1 saturated carbocycles. The maximum atomic E-state index is 2.34. The Bertz CT molecular complexity index is 322. The molecule has 0 aromatic heterocycles. The average Bonchev–Trinajstić information content (AvgIpc) is 2.79. The van der Waals surface area contributed by atoms with Gasteiger partial charge in [-0.2, -0.15) is 0 Å². The topological polar surface area (TPSA) is 0 Å². The predicted molar refractivity (Wildman–Crippen MR) is 151 cm³/mol. The molecule has 0 atom stereocenters. The highest BCUT2D eigenvalue weighted by Crippen LogP contribution is 2.32. The second-order valence-corrected chi connectivity index (χ2v) is 11.5. The van der Waals surface area contributed by atoms with Crippen LogP contribution in [0.4, 0.5) is 0 Å². The maximum Gasteiger partial charge on any atom is 0.127 e. The van der Waals surface area contributed by atoms with Crippen molar-refractivity contribution in [2.24, 2.45) is 0 Å². The van der Waals surface area contributed by atoms with E-state index in [1.54, 1.807) is 20.1 Å². The van der Waals surface area contributed by atoms with Crippen LogP contribution in [0.5, 0.6) is 0 Å². The lowest BCUT2D eigenvalue weighted by Crippen LogP contribution is -2.13. The first-order chi connectivity index (χ1) is 15.9. The SMILES string of the molecule is CCCCCCCC(BC1CCCCCCCCCCCCCCC1)CCCCCCC. The van der Waals surface area contributed by atoms with E-state index in [1.807, 2.05) is 0 Å². The van der Waals surface area contributed by atoms with Crippen molar-refractivity contribution in [2.45, 2.75) is 199 Å². The molecule has 1 fully saturated rings. The molecule has 190 valence electrons. The van der Waals surface area contributed by atoms with Gasteiger partial charge in [0.1, 0.15) is 7.28 Å². The van der Waals surface area contributed by atoms with Gasteiger partial charge in [0.25, 0.3) is 0 Å². The van der Waals surface area contributed by atoms with E-state index >= 15 is 0 Å². The molecule has 0 saturated heterocycles. The Balaban J connectivity index is 2.46. The third kappa shape index (κ3) is 19.5. The maximum absolute atomic E-state index is 2.34. The molecule has 0 spiro atoms. The van der Waals surface area contributed by atoms with E-state index < -0.39 is 0 Å². The van der Waals surface area contributed by atoms with Crippen LogP contribution in [0.1, 0.15) is 187 Å². The zero-order valence-electron chi connectivity index (χ0n) is 23.0. The summed E-state index contributed by atoms with van der Waals surface area (Å²) < 4.78 is 0. The summed E-state index contributed by atoms with van der Waals surface area (Å²) in [6.07, 6.45) is 40.3. The summed E-state index contributed by atoms with van der Waals surface area (Å²) in [5.41, 5.74) is 0. The molecule has 0 bridgehead atoms. The van der Waals surface area contributed by atoms with Gasteiger partial charge in [0.05, 0.1) is 0 Å². The minimum atomic E-state index is 1.04. The third-order valence-corrected chi connectivity index (χ3v) is 8.32. The zero-order valence-corrected chi connectivity index (χ0v) is 23.0. The van der Waals surface area contributed by atoms with Gasteiger partial charge < -0.3 is 0 Å². The van der Waals surface area contributed by atoms with Crippen molar-refractivity contribution in [3.8, 4) is 0 Å². The summed E-state index contributed by atoms with van der Waals surface area (Å²) in [7, 11) is 1.57. The summed E-state index contributed by atoms with van der Waals surface area (Å²) in [5.74, 6) is 2.08. The number of hydrogen-bond acceptors (Lipinski definition) is 0. The van der Waals surface area contributed by atoms with Crippen LogP contribution < -0.4 is 0 Å². The van der Waals surface area contributed by atoms with Crippen molar-refractivity contribution in [2.75, 3.05) is 0 Å². The van der Waals surface area contributed by atoms with E-state index in [4.69, 9.17) is 0 Å². The Kier molecular flexibility index (Phi) is 22.8. The lowest BCUT2D eigenvalue weighted by Gasteiger charge is -2.23. The number of rotatable bonds is 14. The molecule has 32 heavy (non-hydrogen) atoms. The van der Waals surface area contributed by atoms with E-state index in [0.717, 1.165) is 11.6 Å². The molecular formula is C31H63B. The molecule has 0 heterocycles. The minimum absolute atomic E-state index is 1.04. The third-order valence-electron chi connectivity index (χ3n) is 8.32. The Hall–Kier alpha value is 0.0649. The Morgan fingerprint density at radius 2 is 0.812 bits per heavy atom. The highest BCUT2D eigenvalue weighted by molar-refractivity contribution is 6.39. The minimum Gasteiger partial charge on any atom is -0.0654 e. The second-order valence-electron chi connectivity index (χ2n) is 11.5. The fourth-order valence-corrected chi connectivity index (χ4v) is 6.12. The molecule has 1 heteroatoms. The molecule has 1 aliphatic rings. The lowest BCUT2D eigenvalue weighted by atomic mass is 9.50. The fourth-order valence-electron chi connectivity index (χ4n) is 6.12. The molecule has 1 rings (SSSR count). The highest BCUT2D eigenvalue weighted by atomic mass is 14.1. The molecule has 0 amide bonds. The van der Waals surface area contributed by atoms with Gasteiger partial charge in [0, 0.05) is 0 Å². The first-order valence-electron chi connectivity index (χ1n) is 15.9. The van der Waals surface area contributed by atoms with Gasteiger partial charge in [-0.15, -0.1) is 0 Å². The quantitative estimate of drug-likeness (QED) is 0.184. The fraction of sp³-hybridized carbons (Fsp3) is 1.00. The predicted octanol–water partition coefficient (Wildman–Crippen LogP) is 11.6. The van der Waals surface area contributed by atoms with Crippen LogP contribution >= 0.6 is 0 Å². The lowest BCUT2D eigenvalue weighted by molar-refractivity contribution is 0.495. The van der Waals surface area contributed by atoms with Gasteiger partial charge in [0.2, 0.25) is 0 Å². The Morgan fingerprint density at radius 3 is 1.19 bits per heavy atom. The monoisotopic (exact) mass is 447 g/mol. The standard InChI is InChI=1S/C31H63B/c1-3-5-7-18-22-26-30(27-23-19-8-6-4-2)32-31-28-24-20-16-14-12-10-9-11-13-15-17-21-25-29-31/h30-32H,3-29H2,1-2H3. The molecule has 0 radical (unpaired) electrons. The van der Waals surface area contributed by atoms with Gasteiger partial charge in [-0.05, 0) is 0 Å². The molecule has 0 aromatic rings. The summed E-state index contributed by atoms with van der Waals surface area (Å²) in [6.45, 7) is 4.69. The van der Waals surface area contributed by atoms with E-state index in [0.29, 0.717) is 0 Å². The van der Waals surface area contributed by atoms with Crippen LogP contribution in [0.2, 0.25) is 11.6 Å². The van der Waals surface area contributed by atoms with Gasteiger partial charge in [-0.3, -0.25) is 0 Å². The number of unbranched alkanes of at least 4 members (excludes halogenated alkanes) is 8. The zero-order chi connectivity index (χ0) is 23.0. The summed E-state index contributed by atoms with van der Waals surface area (Å²) >= 11 is 0. The van der Waals surface area contributed by atoms with Gasteiger partial charge in [0.15, 0.2) is 0 Å². The smallest absolute Gasteiger partial charge is 0.0654 e. The summed E-state index contributed by atoms with van der Waals surface area (Å²) in [4.78, 5) is 0. The Morgan fingerprint density at radius 1 is 0.469 bits per heavy atom. The largest absolute Gasteiger partial charge is 0.127 e. The molecule has 0 nitrogen and oxygen atoms in total. The van der Waals surface area contributed by atoms with Crippen molar-refractivity contribution in [3.05, 3.63) is 0 Å². The summed E-state index contributed by atoms with van der Waals surface area (Å²) in [6, 6.07) is 0. The van der Waals surface area contributed by atoms with E-state index in [1.165, 1.54) is 161 Å². The van der Waals surface area contributed by atoms with Crippen LogP contribution in [0.3, 0.4) is 0 Å². The average molecular weight is 447 g/mol. The van der Waals surface area contributed by atoms with Gasteiger partial charge >= 0.3 is 0 Å². The normalized spacial score (nSPS) is 18.7. The van der Waals surface area contributed by atoms with Crippen molar-refractivity contribution >= 4 is 7.28 Å². The Labute approximate surface area is 206 Å². The summed E-state index contributed by atoms with van der Waals surface area (Å²) in [5, 5.41) is 0. The van der Waals surface area contributed by atoms with Crippen molar-refractivity contribution in [1.29, 1.82) is 0 Å². The number of hydrogen-bond donors (Lipinski definition) is 0. The van der Waals surface area contributed by atoms with Gasteiger partial charge in [-0.1, -0.05) is 199 Å². The van der Waals surface area contributed by atoms with Crippen LogP contribution in [-0.2, 0) is 0 Å². The van der Waals surface area contributed by atoms with E-state index in [2.05, 4.69) is 13.8 Å². The van der Waals surface area contributed by atoms with Crippen LogP contribution in [-0.4, -0.2) is 7.28 Å². The van der Waals surface area contributed by atoms with E-state index in [9.17, 15) is 0 Å². The van der Waals surface area contributed by atoms with E-state index in [-0.39, 0.29) is 0 Å². The second kappa shape index (κ2) is 24.2. The van der Waals surface area contributed by atoms with Crippen LogP contribution in [0.15, 0.2) is 0 Å².